The molecule has 0 aromatic heterocycles. The molecule has 0 aliphatic rings. The number of para-hydroxylation sites is 1. The van der Waals surface area contributed by atoms with E-state index in [0.717, 1.165) is 0 Å². The second-order valence-electron chi connectivity index (χ2n) is 2.82. The first kappa shape index (κ1) is 12.4. The van der Waals surface area contributed by atoms with Crippen LogP contribution in [0.3, 0.4) is 0 Å². The Morgan fingerprint density at radius 2 is 1.75 bits per heavy atom. The maximum atomic E-state index is 12.6. The van der Waals surface area contributed by atoms with Gasteiger partial charge < -0.3 is 0 Å². The van der Waals surface area contributed by atoms with Crippen molar-refractivity contribution in [3.8, 4) is 0 Å². The largest absolute Gasteiger partial charge is 0.427 e. The van der Waals surface area contributed by atoms with Gasteiger partial charge >= 0.3 is 6.18 Å². The van der Waals surface area contributed by atoms with Gasteiger partial charge in [0.15, 0.2) is 0 Å². The van der Waals surface area contributed by atoms with Gasteiger partial charge in [-0.2, -0.15) is 17.6 Å². The van der Waals surface area contributed by atoms with Crippen LogP contribution in [0.1, 0.15) is 0 Å². The Morgan fingerprint density at radius 3 is 2.25 bits per heavy atom. The maximum Gasteiger partial charge on any atom is 0.427 e. The van der Waals surface area contributed by atoms with Crippen LogP contribution in [0.4, 0.5) is 27.6 Å². The first-order chi connectivity index (χ1) is 7.41. The van der Waals surface area contributed by atoms with E-state index in [2.05, 4.69) is 5.10 Å². The van der Waals surface area contributed by atoms with E-state index >= 15 is 0 Å². The predicted molar refractivity (Wildman–Crippen MR) is 49.6 cm³/mol. The quantitative estimate of drug-likeness (QED) is 0.487. The second-order valence-corrected chi connectivity index (χ2v) is 2.82. The molecule has 0 bridgehead atoms. The highest BCUT2D eigenvalue weighted by atomic mass is 19.4. The van der Waals surface area contributed by atoms with E-state index in [1.54, 1.807) is 18.2 Å². The highest BCUT2D eigenvalue weighted by Crippen LogP contribution is 2.24. The van der Waals surface area contributed by atoms with Crippen LogP contribution in [-0.4, -0.2) is 18.3 Å². The molecule has 1 aromatic rings. The average molecular weight is 238 g/mol. The van der Waals surface area contributed by atoms with Crippen molar-refractivity contribution in [2.75, 3.05) is 5.43 Å². The number of alkyl halides is 4. The van der Waals surface area contributed by atoms with Crippen LogP contribution >= 0.6 is 0 Å². The molecule has 0 radical (unpaired) electrons. The van der Waals surface area contributed by atoms with Crippen molar-refractivity contribution in [3.05, 3.63) is 30.3 Å². The number of benzene rings is 1. The Hall–Kier alpha value is -1.66. The molecule has 0 aliphatic heterocycles. The van der Waals surface area contributed by atoms with Crippen LogP contribution in [0.2, 0.25) is 0 Å². The van der Waals surface area contributed by atoms with Crippen LogP contribution in [0.5, 0.6) is 0 Å². The summed E-state index contributed by atoms with van der Waals surface area (Å²) in [5.41, 5.74) is 2.23. The van der Waals surface area contributed by atoms with Crippen molar-refractivity contribution in [1.82, 2.24) is 0 Å². The predicted octanol–water partition coefficient (Wildman–Crippen LogP) is 3.28. The molecule has 1 aromatic carbocycles. The van der Waals surface area contributed by atoms with Crippen molar-refractivity contribution in [1.29, 1.82) is 0 Å². The second kappa shape index (κ2) is 4.91. The van der Waals surface area contributed by atoms with Gasteiger partial charge in [-0.3, -0.25) is 5.43 Å². The van der Waals surface area contributed by atoms with Gasteiger partial charge in [0.25, 0.3) is 12.1 Å². The molecule has 2 nitrogen and oxygen atoms in total. The third kappa shape index (κ3) is 3.48. The Morgan fingerprint density at radius 1 is 1.19 bits per heavy atom. The van der Waals surface area contributed by atoms with Crippen LogP contribution < -0.4 is 5.43 Å². The first-order valence-corrected chi connectivity index (χ1v) is 4.16. The first-order valence-electron chi connectivity index (χ1n) is 4.16. The molecule has 0 amide bonds. The van der Waals surface area contributed by atoms with Crippen molar-refractivity contribution >= 4 is 11.7 Å². The number of hydrazone groups is 1. The van der Waals surface area contributed by atoms with Gasteiger partial charge in [-0.1, -0.05) is 18.2 Å². The summed E-state index contributed by atoms with van der Waals surface area (Å²) in [4.78, 5) is 0. The van der Waals surface area contributed by atoms with Crippen molar-refractivity contribution in [2.24, 2.45) is 5.10 Å². The van der Waals surface area contributed by atoms with Crippen molar-refractivity contribution < 1.29 is 22.0 Å². The van der Waals surface area contributed by atoms with Crippen LogP contribution in [0.15, 0.2) is 35.4 Å². The standard InChI is InChI=1S/C9H7F5N2/c10-7(9(12,13)14)8(11)16-15-6-4-2-1-3-5-6/h1-5,7,15H. The van der Waals surface area contributed by atoms with E-state index in [9.17, 15) is 22.0 Å². The third-order valence-corrected chi connectivity index (χ3v) is 1.56. The van der Waals surface area contributed by atoms with Gasteiger partial charge in [0, 0.05) is 0 Å². The lowest BCUT2D eigenvalue weighted by Crippen LogP contribution is -2.30. The fourth-order valence-electron chi connectivity index (χ4n) is 0.822. The Kier molecular flexibility index (Phi) is 3.81. The van der Waals surface area contributed by atoms with E-state index in [0.29, 0.717) is 0 Å². The minimum absolute atomic E-state index is 0.257. The SMILES string of the molecule is FC(=NNc1ccccc1)C(F)C(F)(F)F. The fourth-order valence-corrected chi connectivity index (χ4v) is 0.822. The minimum Gasteiger partial charge on any atom is -0.276 e. The Bertz CT molecular complexity index is 360. The molecular formula is C9H7F5N2. The number of nitrogens with zero attached hydrogens (tertiary/aromatic N) is 1. The number of anilines is 1. The van der Waals surface area contributed by atoms with Crippen molar-refractivity contribution in [3.63, 3.8) is 0 Å². The third-order valence-electron chi connectivity index (χ3n) is 1.56. The number of halogens is 5. The normalized spacial score (nSPS) is 14.7. The molecule has 0 fully saturated rings. The summed E-state index contributed by atoms with van der Waals surface area (Å²) in [6, 6.07) is 7.66. The summed E-state index contributed by atoms with van der Waals surface area (Å²) >= 11 is 0. The molecule has 1 atom stereocenters. The van der Waals surface area contributed by atoms with Gasteiger partial charge in [-0.25, -0.2) is 4.39 Å². The Labute approximate surface area is 87.8 Å². The summed E-state index contributed by atoms with van der Waals surface area (Å²) in [5, 5.41) is 2.67. The van der Waals surface area contributed by atoms with E-state index in [4.69, 9.17) is 0 Å². The summed E-state index contributed by atoms with van der Waals surface area (Å²) in [7, 11) is 0. The molecular weight excluding hydrogens is 231 g/mol. The van der Waals surface area contributed by atoms with Crippen LogP contribution in [0, 0.1) is 0 Å². The molecule has 16 heavy (non-hydrogen) atoms. The van der Waals surface area contributed by atoms with E-state index in [-0.39, 0.29) is 5.69 Å². The highest BCUT2D eigenvalue weighted by molar-refractivity contribution is 5.81. The molecule has 1 unspecified atom stereocenters. The lowest BCUT2D eigenvalue weighted by atomic mass is 10.3. The molecule has 1 rings (SSSR count). The monoisotopic (exact) mass is 238 g/mol. The number of hydrogen-bond donors (Lipinski definition) is 1. The zero-order valence-corrected chi connectivity index (χ0v) is 7.80. The van der Waals surface area contributed by atoms with Gasteiger partial charge in [-0.15, -0.1) is 5.10 Å². The summed E-state index contributed by atoms with van der Waals surface area (Å²) in [5.74, 6) is -2.16. The number of nitrogens with one attached hydrogen (secondary N) is 1. The molecule has 88 valence electrons. The highest BCUT2D eigenvalue weighted by Gasteiger charge is 2.44. The number of hydrogen-bond acceptors (Lipinski definition) is 2. The molecule has 0 aliphatic carbocycles. The van der Waals surface area contributed by atoms with Crippen LogP contribution in [0.25, 0.3) is 0 Å². The zero-order chi connectivity index (χ0) is 12.2. The van der Waals surface area contributed by atoms with E-state index < -0.39 is 18.3 Å². The maximum absolute atomic E-state index is 12.6. The van der Waals surface area contributed by atoms with Crippen molar-refractivity contribution in [2.45, 2.75) is 12.3 Å². The van der Waals surface area contributed by atoms with Crippen LogP contribution in [-0.2, 0) is 0 Å². The lowest BCUT2D eigenvalue weighted by Gasteiger charge is -2.09. The average Bonchev–Trinajstić information content (AvgIpc) is 2.25. The zero-order valence-electron chi connectivity index (χ0n) is 7.80. The topological polar surface area (TPSA) is 24.4 Å². The molecule has 1 N–H and O–H groups in total. The molecule has 0 saturated carbocycles. The Balaban J connectivity index is 2.65. The summed E-state index contributed by atoms with van der Waals surface area (Å²) in [6.07, 6.45) is -8.99. The molecule has 7 heteroatoms. The fraction of sp³-hybridized carbons (Fsp3) is 0.222. The minimum atomic E-state index is -5.29. The summed E-state index contributed by atoms with van der Waals surface area (Å²) < 4.78 is 60.0. The molecule has 0 spiro atoms. The van der Waals surface area contributed by atoms with E-state index in [1.165, 1.54) is 12.1 Å². The van der Waals surface area contributed by atoms with Gasteiger partial charge in [0.05, 0.1) is 5.69 Å². The summed E-state index contributed by atoms with van der Waals surface area (Å²) in [6.45, 7) is 0. The smallest absolute Gasteiger partial charge is 0.276 e. The van der Waals surface area contributed by atoms with Gasteiger partial charge in [0.1, 0.15) is 0 Å². The van der Waals surface area contributed by atoms with Gasteiger partial charge in [0.2, 0.25) is 0 Å². The lowest BCUT2D eigenvalue weighted by molar-refractivity contribution is -0.162. The molecule has 0 saturated heterocycles. The van der Waals surface area contributed by atoms with E-state index in [1.807, 2.05) is 5.43 Å². The number of rotatable bonds is 3. The van der Waals surface area contributed by atoms with Gasteiger partial charge in [-0.05, 0) is 12.1 Å². The molecule has 0 heterocycles.